The van der Waals surface area contributed by atoms with Crippen LogP contribution in [0.1, 0.15) is 25.3 Å². The number of para-hydroxylation sites is 2. The molecule has 0 saturated carbocycles. The Hall–Kier alpha value is -1.79. The molecule has 0 unspecified atom stereocenters. The summed E-state index contributed by atoms with van der Waals surface area (Å²) >= 11 is 12.2. The Kier molecular flexibility index (Phi) is 7.16. The van der Waals surface area contributed by atoms with Crippen molar-refractivity contribution in [2.45, 2.75) is 44.8 Å². The summed E-state index contributed by atoms with van der Waals surface area (Å²) in [5.74, 6) is 0.927. The maximum Gasteiger partial charge on any atom is 0.204 e. The van der Waals surface area contributed by atoms with Crippen LogP contribution < -0.4 is 10.6 Å². The minimum atomic E-state index is 0.363. The van der Waals surface area contributed by atoms with Crippen LogP contribution in [0, 0.1) is 0 Å². The molecule has 3 aromatic rings. The second kappa shape index (κ2) is 10.0. The fraction of sp³-hybridized carbons (Fsp3) is 0.435. The molecule has 1 aromatic heterocycles. The number of benzene rings is 2. The summed E-state index contributed by atoms with van der Waals surface area (Å²) in [4.78, 5) is 4.86. The first-order valence-electron chi connectivity index (χ1n) is 10.6. The van der Waals surface area contributed by atoms with Crippen molar-refractivity contribution in [2.75, 3.05) is 25.1 Å². The van der Waals surface area contributed by atoms with Gasteiger partial charge in [0.15, 0.2) is 0 Å². The number of fused-ring (bicyclic) bond motifs is 1. The smallest absolute Gasteiger partial charge is 0.204 e. The molecule has 0 radical (unpaired) electrons. The van der Waals surface area contributed by atoms with Crippen LogP contribution in [0.3, 0.4) is 0 Å². The number of imidazole rings is 1. The van der Waals surface area contributed by atoms with E-state index in [-0.39, 0.29) is 0 Å². The van der Waals surface area contributed by atoms with Gasteiger partial charge in [-0.05, 0) is 62.6 Å². The van der Waals surface area contributed by atoms with E-state index >= 15 is 0 Å². The van der Waals surface area contributed by atoms with Crippen molar-refractivity contribution in [2.24, 2.45) is 0 Å². The zero-order valence-electron chi connectivity index (χ0n) is 17.2. The number of ether oxygens (including phenoxy) is 1. The summed E-state index contributed by atoms with van der Waals surface area (Å²) in [6.45, 7) is 5.18. The number of nitrogens with zero attached hydrogens (tertiary/aromatic N) is 2. The molecule has 1 saturated heterocycles. The molecule has 0 bridgehead atoms. The standard InChI is InChI=1S/C23H28Cl2N4O/c1-2-30-12-11-29-22-6-4-3-5-21(22)28-23(29)27-17-9-10-26-18(15-17)13-16-7-8-19(24)20(25)14-16/h3-8,14,17-18,26H,2,9-13,15H2,1H3,(H,27,28)/t17-,18-/m0/s1. The molecule has 0 aliphatic carbocycles. The second-order valence-electron chi connectivity index (χ2n) is 7.74. The van der Waals surface area contributed by atoms with Gasteiger partial charge in [0.2, 0.25) is 5.95 Å². The number of aromatic nitrogens is 2. The molecule has 160 valence electrons. The highest BCUT2D eigenvalue weighted by atomic mass is 35.5. The summed E-state index contributed by atoms with van der Waals surface area (Å²) in [6, 6.07) is 14.9. The van der Waals surface area contributed by atoms with Crippen molar-refractivity contribution < 1.29 is 4.74 Å². The molecule has 0 spiro atoms. The molecule has 0 amide bonds. The molecule has 2 aromatic carbocycles. The molecule has 1 fully saturated rings. The van der Waals surface area contributed by atoms with E-state index in [1.54, 1.807) is 0 Å². The van der Waals surface area contributed by atoms with Crippen LogP contribution in [0.4, 0.5) is 5.95 Å². The predicted octanol–water partition coefficient (Wildman–Crippen LogP) is 5.15. The zero-order valence-corrected chi connectivity index (χ0v) is 18.7. The van der Waals surface area contributed by atoms with Crippen LogP contribution in [0.2, 0.25) is 10.0 Å². The highest BCUT2D eigenvalue weighted by Gasteiger charge is 2.23. The summed E-state index contributed by atoms with van der Waals surface area (Å²) in [5, 5.41) is 8.56. The fourth-order valence-electron chi connectivity index (χ4n) is 4.14. The van der Waals surface area contributed by atoms with Crippen molar-refractivity contribution in [1.82, 2.24) is 14.9 Å². The Balaban J connectivity index is 1.46. The number of anilines is 1. The number of hydrogen-bond acceptors (Lipinski definition) is 4. The van der Waals surface area contributed by atoms with Crippen LogP contribution in [0.15, 0.2) is 42.5 Å². The summed E-state index contributed by atoms with van der Waals surface area (Å²) in [7, 11) is 0. The normalized spacial score (nSPS) is 19.3. The van der Waals surface area contributed by atoms with Crippen LogP contribution in [0.25, 0.3) is 11.0 Å². The Morgan fingerprint density at radius 1 is 1.20 bits per heavy atom. The van der Waals surface area contributed by atoms with Gasteiger partial charge in [-0.3, -0.25) is 0 Å². The van der Waals surface area contributed by atoms with Gasteiger partial charge in [-0.2, -0.15) is 0 Å². The Morgan fingerprint density at radius 2 is 2.07 bits per heavy atom. The lowest BCUT2D eigenvalue weighted by Gasteiger charge is -2.31. The molecule has 7 heteroatoms. The number of nitrogens with one attached hydrogen (secondary N) is 2. The van der Waals surface area contributed by atoms with Gasteiger partial charge in [-0.1, -0.05) is 41.4 Å². The van der Waals surface area contributed by atoms with Crippen molar-refractivity contribution in [3.8, 4) is 0 Å². The van der Waals surface area contributed by atoms with Crippen LogP contribution in [-0.2, 0) is 17.7 Å². The first-order valence-corrected chi connectivity index (χ1v) is 11.4. The summed E-state index contributed by atoms with van der Waals surface area (Å²) < 4.78 is 7.83. The lowest BCUT2D eigenvalue weighted by atomic mass is 9.94. The average Bonchev–Trinajstić information content (AvgIpc) is 3.08. The maximum atomic E-state index is 6.19. The van der Waals surface area contributed by atoms with Crippen LogP contribution in [-0.4, -0.2) is 41.4 Å². The van der Waals surface area contributed by atoms with Crippen molar-refractivity contribution >= 4 is 40.2 Å². The Morgan fingerprint density at radius 3 is 2.90 bits per heavy atom. The van der Waals surface area contributed by atoms with E-state index in [0.29, 0.717) is 28.7 Å². The minimum Gasteiger partial charge on any atom is -0.380 e. The van der Waals surface area contributed by atoms with E-state index in [1.165, 1.54) is 5.56 Å². The maximum absolute atomic E-state index is 6.19. The third-order valence-corrected chi connectivity index (χ3v) is 6.35. The molecule has 4 rings (SSSR count). The van der Waals surface area contributed by atoms with E-state index in [0.717, 1.165) is 55.9 Å². The molecule has 5 nitrogen and oxygen atoms in total. The highest BCUT2D eigenvalue weighted by Crippen LogP contribution is 2.26. The number of rotatable bonds is 8. The monoisotopic (exact) mass is 446 g/mol. The predicted molar refractivity (Wildman–Crippen MR) is 125 cm³/mol. The fourth-order valence-corrected chi connectivity index (χ4v) is 4.46. The van der Waals surface area contributed by atoms with E-state index < -0.39 is 0 Å². The zero-order chi connectivity index (χ0) is 20.9. The number of piperidine rings is 1. The van der Waals surface area contributed by atoms with Crippen LogP contribution in [0.5, 0.6) is 0 Å². The summed E-state index contributed by atoms with van der Waals surface area (Å²) in [5.41, 5.74) is 3.35. The first kappa shape index (κ1) is 21.4. The topological polar surface area (TPSA) is 51.1 Å². The number of hydrogen-bond donors (Lipinski definition) is 2. The van der Waals surface area contributed by atoms with Gasteiger partial charge in [0, 0.05) is 25.2 Å². The van der Waals surface area contributed by atoms with Crippen molar-refractivity contribution in [1.29, 1.82) is 0 Å². The first-order chi connectivity index (χ1) is 14.6. The quantitative estimate of drug-likeness (QED) is 0.469. The van der Waals surface area contributed by atoms with Gasteiger partial charge in [-0.15, -0.1) is 0 Å². The molecule has 2 N–H and O–H groups in total. The molecule has 30 heavy (non-hydrogen) atoms. The molecule has 2 atom stereocenters. The second-order valence-corrected chi connectivity index (χ2v) is 8.56. The van der Waals surface area contributed by atoms with E-state index in [9.17, 15) is 0 Å². The van der Waals surface area contributed by atoms with E-state index in [4.69, 9.17) is 32.9 Å². The van der Waals surface area contributed by atoms with Crippen molar-refractivity contribution in [3.63, 3.8) is 0 Å². The van der Waals surface area contributed by atoms with Gasteiger partial charge in [0.1, 0.15) is 0 Å². The SMILES string of the molecule is CCOCCn1c(N[C@H]2CCN[C@@H](Cc3ccc(Cl)c(Cl)c3)C2)nc2ccccc21. The lowest BCUT2D eigenvalue weighted by Crippen LogP contribution is -2.44. The van der Waals surface area contributed by atoms with Gasteiger partial charge < -0.3 is 19.9 Å². The Labute approximate surface area is 187 Å². The largest absolute Gasteiger partial charge is 0.380 e. The van der Waals surface area contributed by atoms with Crippen molar-refractivity contribution in [3.05, 3.63) is 58.1 Å². The van der Waals surface area contributed by atoms with E-state index in [1.807, 2.05) is 25.1 Å². The molecular weight excluding hydrogens is 419 g/mol. The highest BCUT2D eigenvalue weighted by molar-refractivity contribution is 6.42. The number of halogens is 2. The third-order valence-electron chi connectivity index (χ3n) is 5.61. The van der Waals surface area contributed by atoms with Gasteiger partial charge in [-0.25, -0.2) is 4.98 Å². The summed E-state index contributed by atoms with van der Waals surface area (Å²) in [6.07, 6.45) is 3.01. The molecular formula is C23H28Cl2N4O. The van der Waals surface area contributed by atoms with Gasteiger partial charge in [0.25, 0.3) is 0 Å². The third kappa shape index (κ3) is 5.09. The van der Waals surface area contributed by atoms with E-state index in [2.05, 4.69) is 39.5 Å². The van der Waals surface area contributed by atoms with Gasteiger partial charge in [0.05, 0.1) is 27.7 Å². The molecule has 2 heterocycles. The van der Waals surface area contributed by atoms with Crippen LogP contribution >= 0.6 is 23.2 Å². The minimum absolute atomic E-state index is 0.363. The molecule has 1 aliphatic rings. The average molecular weight is 447 g/mol. The Bertz CT molecular complexity index is 990. The molecule has 1 aliphatic heterocycles. The van der Waals surface area contributed by atoms with Gasteiger partial charge >= 0.3 is 0 Å². The lowest BCUT2D eigenvalue weighted by molar-refractivity contribution is 0.140.